The number of aromatic nitrogens is 2. The average molecular weight is 386 g/mol. The topological polar surface area (TPSA) is 54.9 Å². The van der Waals surface area contributed by atoms with E-state index in [-0.39, 0.29) is 5.91 Å². The SMILES string of the molecule is CCCCCNC(=O)c1ccccc1Sc1ncnc2sc(C)c(C)c12. The molecule has 136 valence electrons. The lowest BCUT2D eigenvalue weighted by Crippen LogP contribution is -2.24. The second kappa shape index (κ2) is 8.64. The van der Waals surface area contributed by atoms with Gasteiger partial charge < -0.3 is 5.32 Å². The number of nitrogens with one attached hydrogen (secondary N) is 1. The molecule has 0 aliphatic carbocycles. The number of hydrogen-bond donors (Lipinski definition) is 1. The summed E-state index contributed by atoms with van der Waals surface area (Å²) < 4.78 is 0. The molecule has 0 saturated heterocycles. The van der Waals surface area contributed by atoms with Gasteiger partial charge in [-0.25, -0.2) is 9.97 Å². The van der Waals surface area contributed by atoms with Gasteiger partial charge in [0.05, 0.1) is 5.56 Å². The van der Waals surface area contributed by atoms with Crippen LogP contribution >= 0.6 is 23.1 Å². The highest BCUT2D eigenvalue weighted by atomic mass is 32.2. The van der Waals surface area contributed by atoms with Gasteiger partial charge in [-0.05, 0) is 38.0 Å². The summed E-state index contributed by atoms with van der Waals surface area (Å²) in [5, 5.41) is 5.03. The van der Waals surface area contributed by atoms with E-state index >= 15 is 0 Å². The van der Waals surface area contributed by atoms with Gasteiger partial charge in [0.2, 0.25) is 0 Å². The van der Waals surface area contributed by atoms with E-state index in [0.717, 1.165) is 39.4 Å². The number of aryl methyl sites for hydroxylation is 2. The zero-order chi connectivity index (χ0) is 18.5. The Morgan fingerprint density at radius 2 is 2.00 bits per heavy atom. The van der Waals surface area contributed by atoms with Crippen LogP contribution in [-0.2, 0) is 0 Å². The number of carbonyl (C=O) groups is 1. The van der Waals surface area contributed by atoms with Crippen LogP contribution < -0.4 is 5.32 Å². The summed E-state index contributed by atoms with van der Waals surface area (Å²) in [6, 6.07) is 7.72. The monoisotopic (exact) mass is 385 g/mol. The van der Waals surface area contributed by atoms with Crippen molar-refractivity contribution < 1.29 is 4.79 Å². The molecule has 0 unspecified atom stereocenters. The fourth-order valence-electron chi connectivity index (χ4n) is 2.75. The molecule has 0 saturated carbocycles. The Morgan fingerprint density at radius 3 is 2.81 bits per heavy atom. The molecule has 0 aliphatic rings. The lowest BCUT2D eigenvalue weighted by Gasteiger charge is -2.10. The number of hydrogen-bond acceptors (Lipinski definition) is 5. The Kier molecular flexibility index (Phi) is 6.27. The fraction of sp³-hybridized carbons (Fsp3) is 0.350. The van der Waals surface area contributed by atoms with Crippen molar-refractivity contribution >= 4 is 39.2 Å². The Bertz CT molecular complexity index is 921. The summed E-state index contributed by atoms with van der Waals surface area (Å²) in [6.45, 7) is 7.08. The number of thiophene rings is 1. The number of carbonyl (C=O) groups excluding carboxylic acids is 1. The lowest BCUT2D eigenvalue weighted by molar-refractivity contribution is 0.0950. The smallest absolute Gasteiger partial charge is 0.252 e. The number of rotatable bonds is 7. The van der Waals surface area contributed by atoms with Gasteiger partial charge in [0.15, 0.2) is 0 Å². The van der Waals surface area contributed by atoms with Gasteiger partial charge >= 0.3 is 0 Å². The van der Waals surface area contributed by atoms with Crippen LogP contribution in [-0.4, -0.2) is 22.4 Å². The quantitative estimate of drug-likeness (QED) is 0.438. The van der Waals surface area contributed by atoms with Crippen LogP contribution in [0.15, 0.2) is 40.5 Å². The highest BCUT2D eigenvalue weighted by Gasteiger charge is 2.16. The molecule has 0 radical (unpaired) electrons. The first-order valence-corrected chi connectivity index (χ1v) is 10.5. The van der Waals surface area contributed by atoms with E-state index in [4.69, 9.17) is 0 Å². The van der Waals surface area contributed by atoms with Gasteiger partial charge in [-0.2, -0.15) is 0 Å². The van der Waals surface area contributed by atoms with E-state index < -0.39 is 0 Å². The van der Waals surface area contributed by atoms with Crippen molar-refractivity contribution in [2.75, 3.05) is 6.54 Å². The maximum absolute atomic E-state index is 12.6. The lowest BCUT2D eigenvalue weighted by atomic mass is 10.2. The number of nitrogens with zero attached hydrogens (tertiary/aromatic N) is 2. The Hall–Kier alpha value is -1.92. The number of amides is 1. The summed E-state index contributed by atoms with van der Waals surface area (Å²) in [5.41, 5.74) is 1.92. The van der Waals surface area contributed by atoms with E-state index in [0.29, 0.717) is 12.1 Å². The minimum atomic E-state index is -0.0206. The normalized spacial score (nSPS) is 11.0. The van der Waals surface area contributed by atoms with E-state index in [9.17, 15) is 4.79 Å². The van der Waals surface area contributed by atoms with Crippen molar-refractivity contribution in [3.63, 3.8) is 0 Å². The summed E-state index contributed by atoms with van der Waals surface area (Å²) in [7, 11) is 0. The molecule has 3 aromatic rings. The maximum atomic E-state index is 12.6. The van der Waals surface area contributed by atoms with Crippen LogP contribution in [0.3, 0.4) is 0 Å². The summed E-state index contributed by atoms with van der Waals surface area (Å²) in [4.78, 5) is 24.7. The second-order valence-corrected chi connectivity index (χ2v) is 8.44. The third-order valence-corrected chi connectivity index (χ3v) is 6.53. The fourth-order valence-corrected chi connectivity index (χ4v) is 4.89. The first-order chi connectivity index (χ1) is 12.6. The van der Waals surface area contributed by atoms with E-state index in [1.54, 1.807) is 17.7 Å². The minimum absolute atomic E-state index is 0.0206. The molecule has 1 N–H and O–H groups in total. The largest absolute Gasteiger partial charge is 0.352 e. The third-order valence-electron chi connectivity index (χ3n) is 4.33. The first kappa shape index (κ1) is 18.9. The van der Waals surface area contributed by atoms with Gasteiger partial charge in [0.25, 0.3) is 5.91 Å². The predicted molar refractivity (Wildman–Crippen MR) is 109 cm³/mol. The number of fused-ring (bicyclic) bond motifs is 1. The van der Waals surface area contributed by atoms with Crippen molar-refractivity contribution in [1.29, 1.82) is 0 Å². The van der Waals surface area contributed by atoms with Gasteiger partial charge in [-0.1, -0.05) is 43.7 Å². The van der Waals surface area contributed by atoms with Crippen LogP contribution in [0.2, 0.25) is 0 Å². The molecule has 3 rings (SSSR count). The highest BCUT2D eigenvalue weighted by molar-refractivity contribution is 7.99. The highest BCUT2D eigenvalue weighted by Crippen LogP contribution is 2.38. The number of benzene rings is 1. The molecule has 0 aliphatic heterocycles. The van der Waals surface area contributed by atoms with Crippen molar-refractivity contribution in [3.05, 3.63) is 46.6 Å². The predicted octanol–water partition coefficient (Wildman–Crippen LogP) is 5.38. The zero-order valence-electron chi connectivity index (χ0n) is 15.3. The Balaban J connectivity index is 1.86. The molecule has 4 nitrogen and oxygen atoms in total. The molecular formula is C20H23N3OS2. The molecule has 2 heterocycles. The summed E-state index contributed by atoms with van der Waals surface area (Å²) in [6.07, 6.45) is 4.89. The average Bonchev–Trinajstić information content (AvgIpc) is 2.94. The summed E-state index contributed by atoms with van der Waals surface area (Å²) >= 11 is 3.22. The molecule has 0 spiro atoms. The van der Waals surface area contributed by atoms with Gasteiger partial charge in [0.1, 0.15) is 16.2 Å². The first-order valence-electron chi connectivity index (χ1n) is 8.87. The van der Waals surface area contributed by atoms with Crippen LogP contribution in [0.25, 0.3) is 10.2 Å². The van der Waals surface area contributed by atoms with Crippen LogP contribution in [0.1, 0.15) is 47.0 Å². The molecule has 2 aromatic heterocycles. The molecule has 0 fully saturated rings. The molecule has 26 heavy (non-hydrogen) atoms. The van der Waals surface area contributed by atoms with Crippen LogP contribution in [0.5, 0.6) is 0 Å². The van der Waals surface area contributed by atoms with E-state index in [1.807, 2.05) is 24.3 Å². The molecule has 0 bridgehead atoms. The molecule has 0 atom stereocenters. The minimum Gasteiger partial charge on any atom is -0.352 e. The number of unbranched alkanes of at least 4 members (excludes halogenated alkanes) is 2. The Morgan fingerprint density at radius 1 is 1.19 bits per heavy atom. The van der Waals surface area contributed by atoms with E-state index in [2.05, 4.69) is 36.1 Å². The third kappa shape index (κ3) is 4.07. The molecular weight excluding hydrogens is 362 g/mol. The van der Waals surface area contributed by atoms with Crippen molar-refractivity contribution in [2.24, 2.45) is 0 Å². The van der Waals surface area contributed by atoms with E-state index in [1.165, 1.54) is 22.2 Å². The summed E-state index contributed by atoms with van der Waals surface area (Å²) in [5.74, 6) is -0.0206. The zero-order valence-corrected chi connectivity index (χ0v) is 17.0. The van der Waals surface area contributed by atoms with Gasteiger partial charge in [-0.3, -0.25) is 4.79 Å². The second-order valence-electron chi connectivity index (χ2n) is 6.20. The van der Waals surface area contributed by atoms with Crippen molar-refractivity contribution in [1.82, 2.24) is 15.3 Å². The van der Waals surface area contributed by atoms with Crippen LogP contribution in [0, 0.1) is 13.8 Å². The van der Waals surface area contributed by atoms with Crippen molar-refractivity contribution in [3.8, 4) is 0 Å². The van der Waals surface area contributed by atoms with Crippen LogP contribution in [0.4, 0.5) is 0 Å². The maximum Gasteiger partial charge on any atom is 0.252 e. The Labute approximate surface area is 162 Å². The van der Waals surface area contributed by atoms with Crippen molar-refractivity contribution in [2.45, 2.75) is 50.0 Å². The standard InChI is InChI=1S/C20H23N3OS2/c1-4-5-8-11-21-18(24)15-9-6-7-10-16(15)26-20-17-13(2)14(3)25-19(17)22-12-23-20/h6-7,9-10,12H,4-5,8,11H2,1-3H3,(H,21,24). The van der Waals surface area contributed by atoms with Gasteiger partial charge in [0, 0.05) is 21.7 Å². The molecule has 1 amide bonds. The molecule has 1 aromatic carbocycles. The molecule has 6 heteroatoms. The van der Waals surface area contributed by atoms with Gasteiger partial charge in [-0.15, -0.1) is 11.3 Å².